The molecule has 2 nitrogen and oxygen atoms in total. The molecule has 0 aliphatic heterocycles. The maximum Gasteiger partial charge on any atom is 0.114 e. The van der Waals surface area contributed by atoms with Gasteiger partial charge in [0, 0.05) is 26.4 Å². The van der Waals surface area contributed by atoms with Crippen molar-refractivity contribution >= 4 is 50.1 Å². The van der Waals surface area contributed by atoms with Crippen molar-refractivity contribution in [2.45, 2.75) is 13.8 Å². The minimum Gasteiger partial charge on any atom is -0.253 e. The second-order valence-electron chi connectivity index (χ2n) is 5.02. The molecule has 0 bridgehead atoms. The average molecular weight is 292 g/mol. The van der Waals surface area contributed by atoms with Crippen LogP contribution >= 0.6 is 11.3 Å². The van der Waals surface area contributed by atoms with Crippen molar-refractivity contribution in [1.82, 2.24) is 0 Å². The van der Waals surface area contributed by atoms with Crippen LogP contribution in [0.15, 0.2) is 52.6 Å². The number of thiophene rings is 1. The van der Waals surface area contributed by atoms with E-state index in [1.54, 1.807) is 0 Å². The van der Waals surface area contributed by atoms with Gasteiger partial charge in [0.15, 0.2) is 0 Å². The van der Waals surface area contributed by atoms with Gasteiger partial charge in [-0.3, -0.25) is 4.99 Å². The molecule has 0 amide bonds. The summed E-state index contributed by atoms with van der Waals surface area (Å²) in [7, 11) is 0. The van der Waals surface area contributed by atoms with Gasteiger partial charge in [-0.1, -0.05) is 18.2 Å². The zero-order valence-corrected chi connectivity index (χ0v) is 12.9. The third-order valence-electron chi connectivity index (χ3n) is 3.58. The minimum atomic E-state index is 1.12. The van der Waals surface area contributed by atoms with Gasteiger partial charge in [0.05, 0.1) is 0 Å². The van der Waals surface area contributed by atoms with Gasteiger partial charge in [0.25, 0.3) is 0 Å². The Morgan fingerprint density at radius 1 is 1.19 bits per heavy atom. The highest BCUT2D eigenvalue weighted by Crippen LogP contribution is 2.37. The number of benzene rings is 2. The van der Waals surface area contributed by atoms with E-state index in [0.717, 1.165) is 5.57 Å². The summed E-state index contributed by atoms with van der Waals surface area (Å²) in [5.74, 6) is 0. The van der Waals surface area contributed by atoms with Crippen LogP contribution < -0.4 is 0 Å². The Balaban J connectivity index is 2.19. The molecule has 0 aliphatic rings. The van der Waals surface area contributed by atoms with Gasteiger partial charge in [0.2, 0.25) is 0 Å². The van der Waals surface area contributed by atoms with E-state index in [1.807, 2.05) is 17.5 Å². The Morgan fingerprint density at radius 2 is 2.05 bits per heavy atom. The van der Waals surface area contributed by atoms with Crippen LogP contribution in [0.2, 0.25) is 0 Å². The van der Waals surface area contributed by atoms with E-state index in [2.05, 4.69) is 66.9 Å². The van der Waals surface area contributed by atoms with Gasteiger partial charge in [-0.05, 0) is 55.5 Å². The molecule has 2 aromatic carbocycles. The largest absolute Gasteiger partial charge is 0.253 e. The first-order chi connectivity index (χ1) is 10.2. The number of allylic oxidation sites excluding steroid dienone is 1. The molecule has 0 unspecified atom stereocenters. The molecule has 0 fully saturated rings. The summed E-state index contributed by atoms with van der Waals surface area (Å²) in [6, 6.07) is 13.1. The summed E-state index contributed by atoms with van der Waals surface area (Å²) in [5.41, 5.74) is 3.63. The van der Waals surface area contributed by atoms with Crippen molar-refractivity contribution in [2.24, 2.45) is 9.98 Å². The first-order valence-electron chi connectivity index (χ1n) is 6.77. The fourth-order valence-corrected chi connectivity index (χ4v) is 3.68. The predicted molar refractivity (Wildman–Crippen MR) is 95.8 cm³/mol. The molecule has 0 radical (unpaired) electrons. The summed E-state index contributed by atoms with van der Waals surface area (Å²) in [6.07, 6.45) is 3.27. The molecule has 3 rings (SSSR count). The zero-order valence-electron chi connectivity index (χ0n) is 12.1. The molecule has 0 saturated heterocycles. The van der Waals surface area contributed by atoms with Gasteiger partial charge >= 0.3 is 0 Å². The maximum atomic E-state index is 4.10. The molecule has 21 heavy (non-hydrogen) atoms. The summed E-state index contributed by atoms with van der Waals surface area (Å²) < 4.78 is 2.67. The van der Waals surface area contributed by atoms with Gasteiger partial charge in [-0.2, -0.15) is 0 Å². The Kier molecular flexibility index (Phi) is 3.67. The number of hydrogen-bond acceptors (Lipinski definition) is 2. The second-order valence-corrected chi connectivity index (χ2v) is 6.10. The van der Waals surface area contributed by atoms with Crippen LogP contribution in [0.25, 0.3) is 25.7 Å². The molecule has 0 spiro atoms. The van der Waals surface area contributed by atoms with E-state index >= 15 is 0 Å². The van der Waals surface area contributed by atoms with Crippen LogP contribution in [0.5, 0.6) is 0 Å². The Hall–Kier alpha value is -2.26. The average Bonchev–Trinajstić information content (AvgIpc) is 2.86. The Labute approximate surface area is 128 Å². The van der Waals surface area contributed by atoms with Crippen molar-refractivity contribution in [1.29, 1.82) is 0 Å². The molecular weight excluding hydrogens is 276 g/mol. The van der Waals surface area contributed by atoms with Crippen molar-refractivity contribution in [2.75, 3.05) is 0 Å². The molecule has 1 aromatic heterocycles. The molecule has 0 saturated carbocycles. The molecule has 1 heterocycles. The van der Waals surface area contributed by atoms with Gasteiger partial charge < -0.3 is 0 Å². The lowest BCUT2D eigenvalue weighted by Gasteiger charge is -2.02. The topological polar surface area (TPSA) is 24.7 Å². The van der Waals surface area contributed by atoms with Crippen LogP contribution in [0, 0.1) is 6.92 Å². The smallest absolute Gasteiger partial charge is 0.114 e. The Bertz CT molecular complexity index is 885. The van der Waals surface area contributed by atoms with E-state index in [4.69, 9.17) is 0 Å². The highest BCUT2D eigenvalue weighted by molar-refractivity contribution is 7.25. The molecule has 104 valence electrons. The summed E-state index contributed by atoms with van der Waals surface area (Å²) in [6.45, 7) is 7.61. The number of fused-ring (bicyclic) bond motifs is 3. The number of aryl methyl sites for hydroxylation is 1. The van der Waals surface area contributed by atoms with Crippen LogP contribution in [-0.2, 0) is 0 Å². The van der Waals surface area contributed by atoms with Crippen molar-refractivity contribution in [3.05, 3.63) is 53.7 Å². The van der Waals surface area contributed by atoms with E-state index in [1.165, 1.54) is 37.6 Å². The first-order valence-corrected chi connectivity index (χ1v) is 7.59. The third kappa shape index (κ3) is 2.52. The number of aliphatic imine (C=N–C) groups is 2. The van der Waals surface area contributed by atoms with E-state index in [-0.39, 0.29) is 0 Å². The van der Waals surface area contributed by atoms with Gasteiger partial charge in [0.1, 0.15) is 6.34 Å². The summed E-state index contributed by atoms with van der Waals surface area (Å²) in [4.78, 5) is 7.71. The standard InChI is InChI=1S/C18H16N2S/c1-12-5-4-6-17-18(12)15-9-14(7-8-16(15)21-17)13(2)10-20-11-19-3/h4-11H,3H2,1-2H3/b13-10+,20-11-. The van der Waals surface area contributed by atoms with Gasteiger partial charge in [-0.15, -0.1) is 11.3 Å². The first kappa shape index (κ1) is 13.7. The summed E-state index contributed by atoms with van der Waals surface area (Å²) >= 11 is 1.85. The third-order valence-corrected chi connectivity index (χ3v) is 4.71. The molecule has 0 atom stereocenters. The van der Waals surface area contributed by atoms with E-state index in [9.17, 15) is 0 Å². The SMILES string of the molecule is C=N/C=N\C=C(/C)c1ccc2sc3cccc(C)c3c2c1. The lowest BCUT2D eigenvalue weighted by molar-refractivity contribution is 1.50. The highest BCUT2D eigenvalue weighted by Gasteiger charge is 2.08. The fraction of sp³-hybridized carbons (Fsp3) is 0.111. The summed E-state index contributed by atoms with van der Waals surface area (Å²) in [5, 5.41) is 2.69. The molecule has 0 N–H and O–H groups in total. The quantitative estimate of drug-likeness (QED) is 0.453. The molecule has 3 aromatic rings. The second kappa shape index (κ2) is 5.62. The van der Waals surface area contributed by atoms with Crippen molar-refractivity contribution < 1.29 is 0 Å². The highest BCUT2D eigenvalue weighted by atomic mass is 32.1. The number of nitrogens with zero attached hydrogens (tertiary/aromatic N) is 2. The molecule has 3 heteroatoms. The predicted octanol–water partition coefficient (Wildman–Crippen LogP) is 5.45. The normalized spacial score (nSPS) is 12.6. The van der Waals surface area contributed by atoms with Crippen LogP contribution in [0.1, 0.15) is 18.1 Å². The van der Waals surface area contributed by atoms with Crippen molar-refractivity contribution in [3.63, 3.8) is 0 Å². The lowest BCUT2D eigenvalue weighted by Crippen LogP contribution is -1.80. The van der Waals surface area contributed by atoms with Crippen LogP contribution in [-0.4, -0.2) is 13.1 Å². The van der Waals surface area contributed by atoms with Crippen LogP contribution in [0.4, 0.5) is 0 Å². The molecular formula is C18H16N2S. The van der Waals surface area contributed by atoms with Crippen molar-refractivity contribution in [3.8, 4) is 0 Å². The van der Waals surface area contributed by atoms with Gasteiger partial charge in [-0.25, -0.2) is 4.99 Å². The Morgan fingerprint density at radius 3 is 2.86 bits per heavy atom. The zero-order chi connectivity index (χ0) is 14.8. The minimum absolute atomic E-state index is 1.12. The fourth-order valence-electron chi connectivity index (χ4n) is 2.52. The number of rotatable bonds is 3. The van der Waals surface area contributed by atoms with E-state index in [0.29, 0.717) is 0 Å². The van der Waals surface area contributed by atoms with E-state index < -0.39 is 0 Å². The lowest BCUT2D eigenvalue weighted by atomic mass is 10.0. The maximum absolute atomic E-state index is 4.10. The van der Waals surface area contributed by atoms with Crippen LogP contribution in [0.3, 0.4) is 0 Å². The molecule has 0 aliphatic carbocycles. The number of hydrogen-bond donors (Lipinski definition) is 0. The monoisotopic (exact) mass is 292 g/mol.